The smallest absolute Gasteiger partial charge is 0.410 e. The molecule has 0 aliphatic carbocycles. The van der Waals surface area contributed by atoms with Crippen molar-refractivity contribution in [2.75, 3.05) is 13.1 Å². The molecule has 0 unspecified atom stereocenters. The van der Waals surface area contributed by atoms with Crippen LogP contribution in [0.5, 0.6) is 0 Å². The first-order valence-corrected chi connectivity index (χ1v) is 10.0. The molecule has 0 N–H and O–H groups in total. The zero-order valence-electron chi connectivity index (χ0n) is 17.1. The lowest BCUT2D eigenvalue weighted by Crippen LogP contribution is -2.41. The third kappa shape index (κ3) is 4.11. The van der Waals surface area contributed by atoms with Gasteiger partial charge in [-0.2, -0.15) is 0 Å². The van der Waals surface area contributed by atoms with Crippen LogP contribution in [0.25, 0.3) is 16.8 Å². The summed E-state index contributed by atoms with van der Waals surface area (Å²) in [6.45, 7) is 6.93. The number of fused-ring (bicyclic) bond motifs is 1. The van der Waals surface area contributed by atoms with E-state index in [1.807, 2.05) is 45.2 Å². The molecule has 2 aromatic heterocycles. The van der Waals surface area contributed by atoms with Gasteiger partial charge in [0.05, 0.1) is 11.2 Å². The number of pyridine rings is 1. The molecule has 29 heavy (non-hydrogen) atoms. The van der Waals surface area contributed by atoms with Crippen LogP contribution >= 0.6 is 0 Å². The second-order valence-electron chi connectivity index (χ2n) is 8.52. The molecule has 5 nitrogen and oxygen atoms in total. The minimum Gasteiger partial charge on any atom is -0.444 e. The Balaban J connectivity index is 1.58. The number of rotatable bonds is 2. The van der Waals surface area contributed by atoms with Gasteiger partial charge < -0.3 is 14.0 Å². The molecule has 1 amide bonds. The standard InChI is InChI=1S/C23H26FN3O2/c1-23(2,3)29-22(28)26-14-11-17(12-15-26)21-25-20(16-7-9-18(24)10-8-16)19-6-4-5-13-27(19)21/h4-10,13,17H,11-12,14-15H2,1-3H3. The van der Waals surface area contributed by atoms with Gasteiger partial charge in [-0.15, -0.1) is 0 Å². The Morgan fingerprint density at radius 1 is 1.10 bits per heavy atom. The average molecular weight is 395 g/mol. The van der Waals surface area contributed by atoms with Gasteiger partial charge in [0.2, 0.25) is 0 Å². The highest BCUT2D eigenvalue weighted by Crippen LogP contribution is 2.33. The predicted octanol–water partition coefficient (Wildman–Crippen LogP) is 5.25. The lowest BCUT2D eigenvalue weighted by Gasteiger charge is -2.33. The van der Waals surface area contributed by atoms with Crippen LogP contribution in [0.1, 0.15) is 45.4 Å². The molecule has 1 aliphatic rings. The van der Waals surface area contributed by atoms with Gasteiger partial charge >= 0.3 is 6.09 Å². The SMILES string of the molecule is CC(C)(C)OC(=O)N1CCC(c2nc(-c3ccc(F)cc3)c3ccccn23)CC1. The van der Waals surface area contributed by atoms with E-state index in [0.29, 0.717) is 13.1 Å². The first-order valence-electron chi connectivity index (χ1n) is 10.0. The van der Waals surface area contributed by atoms with Crippen molar-refractivity contribution < 1.29 is 13.9 Å². The largest absolute Gasteiger partial charge is 0.444 e. The second-order valence-corrected chi connectivity index (χ2v) is 8.52. The molecular formula is C23H26FN3O2. The number of hydrogen-bond acceptors (Lipinski definition) is 3. The quantitative estimate of drug-likeness (QED) is 0.595. The van der Waals surface area contributed by atoms with E-state index < -0.39 is 5.60 Å². The van der Waals surface area contributed by atoms with E-state index >= 15 is 0 Å². The van der Waals surface area contributed by atoms with Gasteiger partial charge in [-0.1, -0.05) is 6.07 Å². The van der Waals surface area contributed by atoms with E-state index in [-0.39, 0.29) is 17.8 Å². The summed E-state index contributed by atoms with van der Waals surface area (Å²) in [6.07, 6.45) is 3.42. The van der Waals surface area contributed by atoms with Gasteiger partial charge in [0.15, 0.2) is 0 Å². The Labute approximate surface area is 170 Å². The molecule has 0 spiro atoms. The Kier molecular flexibility index (Phi) is 5.03. The van der Waals surface area contributed by atoms with Gasteiger partial charge in [-0.3, -0.25) is 0 Å². The van der Waals surface area contributed by atoms with Crippen molar-refractivity contribution in [2.45, 2.75) is 45.1 Å². The third-order valence-corrected chi connectivity index (χ3v) is 5.21. The molecule has 3 heterocycles. The fourth-order valence-corrected chi connectivity index (χ4v) is 3.82. The number of nitrogens with zero attached hydrogens (tertiary/aromatic N) is 3. The molecule has 0 saturated carbocycles. The number of aromatic nitrogens is 2. The molecule has 0 bridgehead atoms. The summed E-state index contributed by atoms with van der Waals surface area (Å²) in [5.41, 5.74) is 2.27. The topological polar surface area (TPSA) is 46.8 Å². The fraction of sp³-hybridized carbons (Fsp3) is 0.391. The molecule has 1 fully saturated rings. The molecule has 3 aromatic rings. The van der Waals surface area contributed by atoms with E-state index in [9.17, 15) is 9.18 Å². The number of carbonyl (C=O) groups excluding carboxylic acids is 1. The van der Waals surface area contributed by atoms with Gasteiger partial charge in [0, 0.05) is 30.8 Å². The number of halogens is 1. The number of hydrogen-bond donors (Lipinski definition) is 0. The molecular weight excluding hydrogens is 369 g/mol. The van der Waals surface area contributed by atoms with E-state index in [1.165, 1.54) is 12.1 Å². The van der Waals surface area contributed by atoms with Crippen LogP contribution in [-0.4, -0.2) is 39.1 Å². The lowest BCUT2D eigenvalue weighted by atomic mass is 9.96. The number of likely N-dealkylation sites (tertiary alicyclic amines) is 1. The summed E-state index contributed by atoms with van der Waals surface area (Å²) in [6, 6.07) is 12.5. The van der Waals surface area contributed by atoms with Gasteiger partial charge in [-0.25, -0.2) is 14.2 Å². The fourth-order valence-electron chi connectivity index (χ4n) is 3.82. The summed E-state index contributed by atoms with van der Waals surface area (Å²) in [5, 5.41) is 0. The number of benzene rings is 1. The minimum absolute atomic E-state index is 0.248. The molecule has 0 atom stereocenters. The van der Waals surface area contributed by atoms with Gasteiger partial charge in [-0.05, 0) is 70.0 Å². The number of imidazole rings is 1. The monoisotopic (exact) mass is 395 g/mol. The maximum absolute atomic E-state index is 13.3. The van der Waals surface area contributed by atoms with Crippen LogP contribution in [0.15, 0.2) is 48.7 Å². The zero-order valence-corrected chi connectivity index (χ0v) is 17.1. The molecule has 6 heteroatoms. The van der Waals surface area contributed by atoms with Crippen molar-refractivity contribution in [1.82, 2.24) is 14.3 Å². The maximum Gasteiger partial charge on any atom is 0.410 e. The molecule has 1 aliphatic heterocycles. The Bertz CT molecular complexity index is 1010. The van der Waals surface area contributed by atoms with Crippen LogP contribution in [0.2, 0.25) is 0 Å². The van der Waals surface area contributed by atoms with Crippen LogP contribution in [0.3, 0.4) is 0 Å². The highest BCUT2D eigenvalue weighted by atomic mass is 19.1. The van der Waals surface area contributed by atoms with Gasteiger partial charge in [0.25, 0.3) is 0 Å². The van der Waals surface area contributed by atoms with E-state index in [1.54, 1.807) is 17.0 Å². The summed E-state index contributed by atoms with van der Waals surface area (Å²) in [5.74, 6) is 0.980. The zero-order chi connectivity index (χ0) is 20.6. The maximum atomic E-state index is 13.3. The summed E-state index contributed by atoms with van der Waals surface area (Å²) in [7, 11) is 0. The minimum atomic E-state index is -0.489. The first kappa shape index (κ1) is 19.4. The Hall–Kier alpha value is -2.89. The van der Waals surface area contributed by atoms with E-state index in [2.05, 4.69) is 4.40 Å². The van der Waals surface area contributed by atoms with Gasteiger partial charge in [0.1, 0.15) is 17.2 Å². The third-order valence-electron chi connectivity index (χ3n) is 5.21. The number of ether oxygens (including phenoxy) is 1. The Morgan fingerprint density at radius 2 is 1.79 bits per heavy atom. The Morgan fingerprint density at radius 3 is 2.45 bits per heavy atom. The summed E-state index contributed by atoms with van der Waals surface area (Å²) in [4.78, 5) is 19.1. The van der Waals surface area contributed by atoms with E-state index in [4.69, 9.17) is 9.72 Å². The number of piperidine rings is 1. The first-order chi connectivity index (χ1) is 13.8. The second kappa shape index (κ2) is 7.50. The molecule has 0 radical (unpaired) electrons. The normalized spacial score (nSPS) is 15.7. The molecule has 4 rings (SSSR count). The molecule has 1 aromatic carbocycles. The summed E-state index contributed by atoms with van der Waals surface area (Å²) < 4.78 is 21.0. The predicted molar refractivity (Wildman–Crippen MR) is 110 cm³/mol. The van der Waals surface area contributed by atoms with Crippen LogP contribution in [0.4, 0.5) is 9.18 Å². The highest BCUT2D eigenvalue weighted by Gasteiger charge is 2.30. The van der Waals surface area contributed by atoms with E-state index in [0.717, 1.165) is 35.4 Å². The van der Waals surface area contributed by atoms with Crippen molar-refractivity contribution in [2.24, 2.45) is 0 Å². The van der Waals surface area contributed by atoms with Crippen LogP contribution < -0.4 is 0 Å². The average Bonchev–Trinajstić information content (AvgIpc) is 3.07. The van der Waals surface area contributed by atoms with Crippen LogP contribution in [0, 0.1) is 5.82 Å². The number of carbonyl (C=O) groups is 1. The lowest BCUT2D eigenvalue weighted by molar-refractivity contribution is 0.0203. The van der Waals surface area contributed by atoms with Crippen molar-refractivity contribution >= 4 is 11.6 Å². The molecule has 152 valence electrons. The number of amides is 1. The highest BCUT2D eigenvalue weighted by molar-refractivity contribution is 5.77. The molecule has 1 saturated heterocycles. The van der Waals surface area contributed by atoms with Crippen LogP contribution in [-0.2, 0) is 4.74 Å². The van der Waals surface area contributed by atoms with Crippen molar-refractivity contribution in [1.29, 1.82) is 0 Å². The summed E-state index contributed by atoms with van der Waals surface area (Å²) >= 11 is 0. The van der Waals surface area contributed by atoms with Crippen molar-refractivity contribution in [3.05, 3.63) is 60.3 Å². The van der Waals surface area contributed by atoms with Crippen molar-refractivity contribution in [3.8, 4) is 11.3 Å². The van der Waals surface area contributed by atoms with Crippen molar-refractivity contribution in [3.63, 3.8) is 0 Å².